The first-order chi connectivity index (χ1) is 33.7. The van der Waals surface area contributed by atoms with Crippen LogP contribution in [0.3, 0.4) is 0 Å². The number of hydrogen-bond acceptors (Lipinski definition) is 3. The molecule has 2 saturated carbocycles. The van der Waals surface area contributed by atoms with Gasteiger partial charge in [-0.25, -0.2) is 0 Å². The summed E-state index contributed by atoms with van der Waals surface area (Å²) in [6.07, 6.45) is 9.83. The van der Waals surface area contributed by atoms with Crippen molar-refractivity contribution in [3.63, 3.8) is 0 Å². The molecular formula is C67H82BN3Si. The summed E-state index contributed by atoms with van der Waals surface area (Å²) in [4.78, 5) is 8.65. The standard InChI is InChI=1S/C67H82BN3Si/c1-61(2,3)44-27-30-54(49(36-44)43-24-18-17-19-25-43)69-56-38-46(63(7,8)9)26-29-52(56)68-53-42-48(72(14,15)16)41-51-60(53)71(67(13)35-23-21-33-65(51,67)11)58-40-47(39-57(69)59(58)68)70-55-31-28-45(62(4,5)6)37-50(55)64(10)32-20-22-34-66(64,70)12/h17-19,24-31,36-42H,20-23,32-35H2,1-16H3. The van der Waals surface area contributed by atoms with Crippen molar-refractivity contribution in [2.45, 2.75) is 199 Å². The summed E-state index contributed by atoms with van der Waals surface area (Å²) in [5.74, 6) is 0. The maximum atomic E-state index is 2.99. The summed E-state index contributed by atoms with van der Waals surface area (Å²) in [6.45, 7) is 39.8. The molecule has 0 aromatic heterocycles. The van der Waals surface area contributed by atoms with Crippen molar-refractivity contribution in [1.82, 2.24) is 0 Å². The van der Waals surface area contributed by atoms with Gasteiger partial charge in [0.15, 0.2) is 0 Å². The zero-order chi connectivity index (χ0) is 51.1. The first-order valence-electron chi connectivity index (χ1n) is 28.0. The first kappa shape index (κ1) is 48.0. The van der Waals surface area contributed by atoms with E-state index in [-0.39, 0.29) is 44.9 Å². The van der Waals surface area contributed by atoms with E-state index in [1.54, 1.807) is 16.3 Å². The highest BCUT2D eigenvalue weighted by molar-refractivity contribution is 7.01. The molecule has 12 rings (SSSR count). The highest BCUT2D eigenvalue weighted by atomic mass is 28.3. The lowest BCUT2D eigenvalue weighted by atomic mass is 9.33. The van der Waals surface area contributed by atoms with Crippen molar-refractivity contribution in [3.05, 3.63) is 137 Å². The van der Waals surface area contributed by atoms with Crippen molar-refractivity contribution in [3.8, 4) is 11.1 Å². The normalized spacial score (nSPS) is 25.2. The molecule has 4 atom stereocenters. The number of nitrogens with zero attached hydrogens (tertiary/aromatic N) is 3. The van der Waals surface area contributed by atoms with E-state index in [4.69, 9.17) is 0 Å². The number of fused-ring (bicyclic) bond motifs is 10. The molecule has 0 amide bonds. The van der Waals surface area contributed by atoms with Crippen LogP contribution in [0.2, 0.25) is 19.6 Å². The second kappa shape index (κ2) is 15.3. The molecule has 0 bridgehead atoms. The predicted octanol–water partition coefficient (Wildman–Crippen LogP) is 15.9. The van der Waals surface area contributed by atoms with Crippen LogP contribution < -0.4 is 36.3 Å². The molecule has 5 heteroatoms. The van der Waals surface area contributed by atoms with Gasteiger partial charge in [-0.1, -0.05) is 199 Å². The SMILES string of the molecule is CC(C)(C)c1ccc(N2c3cc(C(C)(C)C)ccc3B3c4cc([Si](C)(C)C)cc5c4N(c4cc(N6c7ccc(C(C)(C)C)cc7C7(C)CCCCC67C)cc2c43)C2(C)CCCCC52C)c(-c2ccccc2)c1. The molecule has 4 aliphatic heterocycles. The lowest BCUT2D eigenvalue weighted by Gasteiger charge is -2.54. The van der Waals surface area contributed by atoms with Crippen LogP contribution in [0.5, 0.6) is 0 Å². The second-order valence-electron chi connectivity index (χ2n) is 28.5. The van der Waals surface area contributed by atoms with Gasteiger partial charge in [-0.2, -0.15) is 0 Å². The molecule has 2 aliphatic carbocycles. The first-order valence-corrected chi connectivity index (χ1v) is 31.5. The zero-order valence-corrected chi connectivity index (χ0v) is 48.0. The summed E-state index contributed by atoms with van der Waals surface area (Å²) in [5.41, 5.74) is 23.7. The summed E-state index contributed by atoms with van der Waals surface area (Å²) in [7, 11) is -1.77. The fourth-order valence-electron chi connectivity index (χ4n) is 15.3. The number of hydrogen-bond donors (Lipinski definition) is 0. The maximum absolute atomic E-state index is 2.99. The number of benzene rings is 6. The van der Waals surface area contributed by atoms with E-state index in [1.807, 2.05) is 0 Å². The Morgan fingerprint density at radius 2 is 1.01 bits per heavy atom. The van der Waals surface area contributed by atoms with Crippen LogP contribution in [0.15, 0.2) is 109 Å². The highest BCUT2D eigenvalue weighted by Gasteiger charge is 2.63. The molecule has 0 saturated heterocycles. The maximum Gasteiger partial charge on any atom is 0.252 e. The Labute approximate surface area is 435 Å². The summed E-state index contributed by atoms with van der Waals surface area (Å²) in [5, 5.41) is 1.60. The summed E-state index contributed by atoms with van der Waals surface area (Å²) >= 11 is 0. The Balaban J connectivity index is 1.25. The lowest BCUT2D eigenvalue weighted by Crippen LogP contribution is -2.65. The average molecular weight is 968 g/mol. The monoisotopic (exact) mass is 968 g/mol. The van der Waals surface area contributed by atoms with Gasteiger partial charge in [-0.05, 0) is 142 Å². The third-order valence-electron chi connectivity index (χ3n) is 20.2. The van der Waals surface area contributed by atoms with E-state index in [0.717, 1.165) is 6.42 Å². The second-order valence-corrected chi connectivity index (χ2v) is 33.6. The third-order valence-corrected chi connectivity index (χ3v) is 22.2. The molecule has 0 spiro atoms. The van der Waals surface area contributed by atoms with E-state index in [1.165, 1.54) is 129 Å². The van der Waals surface area contributed by atoms with Crippen LogP contribution in [0.25, 0.3) is 11.1 Å². The Morgan fingerprint density at radius 3 is 1.64 bits per heavy atom. The van der Waals surface area contributed by atoms with Crippen LogP contribution in [0.4, 0.5) is 39.8 Å². The van der Waals surface area contributed by atoms with Gasteiger partial charge in [0, 0.05) is 50.5 Å². The molecule has 0 N–H and O–H groups in total. The molecule has 6 aromatic carbocycles. The largest absolute Gasteiger partial charge is 0.335 e. The summed E-state index contributed by atoms with van der Waals surface area (Å²) in [6, 6.07) is 44.9. The van der Waals surface area contributed by atoms with Crippen molar-refractivity contribution < 1.29 is 0 Å². The molecule has 372 valence electrons. The van der Waals surface area contributed by atoms with E-state index in [0.29, 0.717) is 0 Å². The zero-order valence-electron chi connectivity index (χ0n) is 47.0. The fraction of sp³-hybridized carbons (Fsp3) is 0.463. The van der Waals surface area contributed by atoms with E-state index >= 15 is 0 Å². The smallest absolute Gasteiger partial charge is 0.252 e. The summed E-state index contributed by atoms with van der Waals surface area (Å²) < 4.78 is 0. The van der Waals surface area contributed by atoms with Crippen LogP contribution >= 0.6 is 0 Å². The Bertz CT molecular complexity index is 3230. The third kappa shape index (κ3) is 6.53. The molecule has 6 aliphatic rings. The van der Waals surface area contributed by atoms with Crippen LogP contribution in [-0.2, 0) is 27.1 Å². The van der Waals surface area contributed by atoms with Crippen molar-refractivity contribution in [2.75, 3.05) is 14.7 Å². The minimum Gasteiger partial charge on any atom is -0.335 e. The van der Waals surface area contributed by atoms with Crippen LogP contribution in [-0.4, -0.2) is 25.9 Å². The van der Waals surface area contributed by atoms with E-state index in [2.05, 4.69) is 234 Å². The van der Waals surface area contributed by atoms with Gasteiger partial charge in [0.05, 0.1) is 24.8 Å². The van der Waals surface area contributed by atoms with Crippen LogP contribution in [0, 0.1) is 0 Å². The predicted molar refractivity (Wildman–Crippen MR) is 316 cm³/mol. The minimum atomic E-state index is -1.77. The van der Waals surface area contributed by atoms with Gasteiger partial charge in [-0.3, -0.25) is 0 Å². The van der Waals surface area contributed by atoms with Crippen molar-refractivity contribution in [1.29, 1.82) is 0 Å². The fourth-order valence-corrected chi connectivity index (χ4v) is 16.4. The molecule has 4 heterocycles. The molecule has 72 heavy (non-hydrogen) atoms. The highest BCUT2D eigenvalue weighted by Crippen LogP contribution is 2.65. The Morgan fingerprint density at radius 1 is 0.472 bits per heavy atom. The lowest BCUT2D eigenvalue weighted by molar-refractivity contribution is 0.194. The molecule has 2 fully saturated rings. The van der Waals surface area contributed by atoms with Crippen molar-refractivity contribution >= 4 is 76.2 Å². The topological polar surface area (TPSA) is 9.72 Å². The van der Waals surface area contributed by atoms with Gasteiger partial charge < -0.3 is 14.7 Å². The molecular weight excluding hydrogens is 886 g/mol. The molecule has 4 unspecified atom stereocenters. The quantitative estimate of drug-likeness (QED) is 0.163. The van der Waals surface area contributed by atoms with E-state index in [9.17, 15) is 0 Å². The van der Waals surface area contributed by atoms with Gasteiger partial charge in [-0.15, -0.1) is 0 Å². The molecule has 6 aromatic rings. The molecule has 3 nitrogen and oxygen atoms in total. The number of rotatable bonds is 4. The van der Waals surface area contributed by atoms with Crippen molar-refractivity contribution in [2.24, 2.45) is 0 Å². The Kier molecular flexibility index (Phi) is 10.2. The van der Waals surface area contributed by atoms with Crippen LogP contribution in [0.1, 0.15) is 169 Å². The van der Waals surface area contributed by atoms with Gasteiger partial charge in [0.25, 0.3) is 6.71 Å². The van der Waals surface area contributed by atoms with Gasteiger partial charge in [0.1, 0.15) is 0 Å². The number of anilines is 7. The van der Waals surface area contributed by atoms with Gasteiger partial charge >= 0.3 is 0 Å². The molecule has 0 radical (unpaired) electrons. The minimum absolute atomic E-state index is 0.00323. The average Bonchev–Trinajstić information content (AvgIpc) is 3.66. The van der Waals surface area contributed by atoms with Gasteiger partial charge in [0.2, 0.25) is 0 Å². The Hall–Kier alpha value is -5.00. The van der Waals surface area contributed by atoms with E-state index < -0.39 is 8.07 Å².